The zero-order valence-corrected chi connectivity index (χ0v) is 21.4. The van der Waals surface area contributed by atoms with Crippen molar-refractivity contribution < 1.29 is 29.0 Å². The van der Waals surface area contributed by atoms with Gasteiger partial charge in [0.1, 0.15) is 17.1 Å². The Morgan fingerprint density at radius 2 is 2.09 bits per heavy atom. The van der Waals surface area contributed by atoms with Gasteiger partial charge in [0.2, 0.25) is 0 Å². The van der Waals surface area contributed by atoms with Crippen LogP contribution in [-0.4, -0.2) is 62.8 Å². The zero-order chi connectivity index (χ0) is 24.5. The van der Waals surface area contributed by atoms with Crippen molar-refractivity contribution in [3.05, 3.63) is 48.2 Å². The number of aliphatic hydroxyl groups is 2. The predicted octanol–water partition coefficient (Wildman–Crippen LogP) is 4.41. The fourth-order valence-corrected chi connectivity index (χ4v) is 6.19. The maximum Gasteiger partial charge on any atom is 0.316 e. The molecule has 1 aliphatic rings. The topological polar surface area (TPSA) is 97.0 Å². The van der Waals surface area contributed by atoms with E-state index in [0.717, 1.165) is 34.7 Å². The second kappa shape index (κ2) is 13.4. The number of carbonyl (C=O) groups excluding carboxylic acids is 2. The maximum atomic E-state index is 12.4. The molecule has 34 heavy (non-hydrogen) atoms. The third-order valence-electron chi connectivity index (χ3n) is 5.56. The Morgan fingerprint density at radius 1 is 1.29 bits per heavy atom. The van der Waals surface area contributed by atoms with Crippen LogP contribution < -0.4 is 0 Å². The molecule has 1 aromatic carbocycles. The van der Waals surface area contributed by atoms with Crippen LogP contribution in [0.1, 0.15) is 38.9 Å². The molecule has 0 spiro atoms. The molecule has 4 atom stereocenters. The number of esters is 1. The van der Waals surface area contributed by atoms with Crippen LogP contribution >= 0.6 is 23.5 Å². The van der Waals surface area contributed by atoms with Gasteiger partial charge in [-0.05, 0) is 50.3 Å². The molecule has 1 heterocycles. The van der Waals surface area contributed by atoms with Gasteiger partial charge >= 0.3 is 5.97 Å². The molecule has 1 saturated carbocycles. The average Bonchev–Trinajstić information content (AvgIpc) is 3.32. The smallest absolute Gasteiger partial charge is 0.316 e. The van der Waals surface area contributed by atoms with Gasteiger partial charge in [0.15, 0.2) is 0 Å². The summed E-state index contributed by atoms with van der Waals surface area (Å²) < 4.78 is 10.9. The molecule has 2 aromatic rings. The van der Waals surface area contributed by atoms with Gasteiger partial charge in [0.25, 0.3) is 0 Å². The monoisotopic (exact) mass is 506 g/mol. The van der Waals surface area contributed by atoms with Crippen LogP contribution in [0.5, 0.6) is 0 Å². The van der Waals surface area contributed by atoms with Crippen LogP contribution in [0.15, 0.2) is 46.9 Å². The molecule has 0 saturated heterocycles. The minimum atomic E-state index is -0.719. The fourth-order valence-electron chi connectivity index (χ4n) is 3.93. The van der Waals surface area contributed by atoms with E-state index in [1.165, 1.54) is 11.8 Å². The fraction of sp³-hybridized carbons (Fsp3) is 0.538. The number of hydrogen-bond acceptors (Lipinski definition) is 8. The number of hydrogen-bond donors (Lipinski definition) is 2. The number of para-hydroxylation sites is 1. The van der Waals surface area contributed by atoms with E-state index in [1.807, 2.05) is 44.2 Å². The molecule has 2 N–H and O–H groups in total. The van der Waals surface area contributed by atoms with Crippen LogP contribution in [0.25, 0.3) is 11.0 Å². The molecule has 8 heteroatoms. The van der Waals surface area contributed by atoms with Gasteiger partial charge in [-0.1, -0.05) is 30.4 Å². The van der Waals surface area contributed by atoms with Crippen molar-refractivity contribution in [3.63, 3.8) is 0 Å². The van der Waals surface area contributed by atoms with Crippen LogP contribution in [-0.2, 0) is 20.7 Å². The molecule has 0 aliphatic heterocycles. The Bertz CT molecular complexity index is 936. The molecular formula is C26H34O6S2. The van der Waals surface area contributed by atoms with Crippen molar-refractivity contribution >= 4 is 46.2 Å². The highest BCUT2D eigenvalue weighted by Gasteiger charge is 2.40. The molecule has 1 fully saturated rings. The van der Waals surface area contributed by atoms with Gasteiger partial charge in [-0.25, -0.2) is 0 Å². The lowest BCUT2D eigenvalue weighted by atomic mass is 10.0. The highest BCUT2D eigenvalue weighted by Crippen LogP contribution is 2.34. The normalized spacial score (nSPS) is 21.7. The highest BCUT2D eigenvalue weighted by atomic mass is 32.2. The molecule has 0 amide bonds. The summed E-state index contributed by atoms with van der Waals surface area (Å²) in [6.07, 6.45) is 4.11. The minimum Gasteiger partial charge on any atom is -0.462 e. The van der Waals surface area contributed by atoms with Gasteiger partial charge in [-0.3, -0.25) is 9.59 Å². The summed E-state index contributed by atoms with van der Waals surface area (Å²) in [5.74, 6) is 2.30. The van der Waals surface area contributed by atoms with E-state index in [1.54, 1.807) is 23.9 Å². The van der Waals surface area contributed by atoms with E-state index in [-0.39, 0.29) is 35.4 Å². The van der Waals surface area contributed by atoms with E-state index in [9.17, 15) is 19.8 Å². The zero-order valence-electron chi connectivity index (χ0n) is 19.7. The summed E-state index contributed by atoms with van der Waals surface area (Å²) >= 11 is 3.08. The SMILES string of the molecule is CC(C)OC(=O)CSCCCS[C@H]1C(=O)C[C@@H](O)[C@@H]1/C=C/[C@@H](O)CCc1cc2ccccc2o1. The summed E-state index contributed by atoms with van der Waals surface area (Å²) in [4.78, 5) is 24.0. The molecule has 1 aromatic heterocycles. The van der Waals surface area contributed by atoms with Crippen molar-refractivity contribution in [3.8, 4) is 0 Å². The molecule has 3 rings (SSSR count). The molecule has 0 radical (unpaired) electrons. The minimum absolute atomic E-state index is 0.0529. The molecule has 0 unspecified atom stereocenters. The Morgan fingerprint density at radius 3 is 2.85 bits per heavy atom. The molecule has 0 bridgehead atoms. The second-order valence-corrected chi connectivity index (χ2v) is 11.1. The summed E-state index contributed by atoms with van der Waals surface area (Å²) in [6, 6.07) is 9.80. The number of benzene rings is 1. The van der Waals surface area contributed by atoms with Gasteiger partial charge in [0, 0.05) is 24.1 Å². The first-order chi connectivity index (χ1) is 16.3. The van der Waals surface area contributed by atoms with Gasteiger partial charge in [0.05, 0.1) is 29.3 Å². The first kappa shape index (κ1) is 26.9. The lowest BCUT2D eigenvalue weighted by molar-refractivity contribution is -0.144. The number of ether oxygens (including phenoxy) is 1. The Kier molecular flexibility index (Phi) is 10.6. The average molecular weight is 507 g/mol. The maximum absolute atomic E-state index is 12.4. The van der Waals surface area contributed by atoms with Crippen LogP contribution in [0.3, 0.4) is 0 Å². The van der Waals surface area contributed by atoms with E-state index in [2.05, 4.69) is 0 Å². The largest absolute Gasteiger partial charge is 0.462 e. The predicted molar refractivity (Wildman–Crippen MR) is 138 cm³/mol. The molecule has 1 aliphatic carbocycles. The summed E-state index contributed by atoms with van der Waals surface area (Å²) in [5, 5.41) is 21.5. The van der Waals surface area contributed by atoms with Gasteiger partial charge < -0.3 is 19.4 Å². The third kappa shape index (κ3) is 8.18. The first-order valence-electron chi connectivity index (χ1n) is 11.8. The number of rotatable bonds is 13. The Hall–Kier alpha value is -1.74. The Labute approximate surface area is 209 Å². The number of fused-ring (bicyclic) bond motifs is 1. The summed E-state index contributed by atoms with van der Waals surface area (Å²) in [7, 11) is 0. The number of carbonyl (C=O) groups is 2. The quantitative estimate of drug-likeness (QED) is 0.234. The standard InChI is InChI=1S/C26H34O6S2/c1-17(2)31-25(30)16-33-12-5-13-34-26-21(22(28)15-23(26)29)11-9-19(27)8-10-20-14-18-6-3-4-7-24(18)32-20/h3-4,6-7,9,11,14,17,19,21-22,26-28H,5,8,10,12-13,15-16H2,1-2H3/b11-9+/t19-,21-,22+,26+/m0/s1. The van der Waals surface area contributed by atoms with Crippen molar-refractivity contribution in [1.82, 2.24) is 0 Å². The van der Waals surface area contributed by atoms with Crippen LogP contribution in [0, 0.1) is 5.92 Å². The second-order valence-electron chi connectivity index (χ2n) is 8.79. The van der Waals surface area contributed by atoms with E-state index < -0.39 is 12.2 Å². The molecule has 186 valence electrons. The van der Waals surface area contributed by atoms with Crippen LogP contribution in [0.2, 0.25) is 0 Å². The molecule has 6 nitrogen and oxygen atoms in total. The number of Topliss-reactive ketones (excluding diaryl/α,β-unsaturated/α-hetero) is 1. The van der Waals surface area contributed by atoms with Crippen molar-refractivity contribution in [2.45, 2.75) is 63.1 Å². The number of aryl methyl sites for hydroxylation is 1. The van der Waals surface area contributed by atoms with Gasteiger partial charge in [-0.15, -0.1) is 11.8 Å². The van der Waals surface area contributed by atoms with Crippen LogP contribution in [0.4, 0.5) is 0 Å². The Balaban J connectivity index is 1.40. The lowest BCUT2D eigenvalue weighted by Gasteiger charge is -2.17. The summed E-state index contributed by atoms with van der Waals surface area (Å²) in [5.41, 5.74) is 0.837. The number of furan rings is 1. The van der Waals surface area contributed by atoms with E-state index in [0.29, 0.717) is 18.6 Å². The third-order valence-corrected chi connectivity index (χ3v) is 8.04. The first-order valence-corrected chi connectivity index (χ1v) is 14.0. The van der Waals surface area contributed by atoms with Crippen molar-refractivity contribution in [2.24, 2.45) is 5.92 Å². The van der Waals surface area contributed by atoms with Crippen molar-refractivity contribution in [1.29, 1.82) is 0 Å². The van der Waals surface area contributed by atoms with E-state index in [4.69, 9.17) is 9.15 Å². The molecular weight excluding hydrogens is 472 g/mol. The summed E-state index contributed by atoms with van der Waals surface area (Å²) in [6.45, 7) is 3.66. The van der Waals surface area contributed by atoms with Gasteiger partial charge in [-0.2, -0.15) is 11.8 Å². The number of ketones is 1. The number of aliphatic hydroxyl groups excluding tert-OH is 2. The number of thioether (sulfide) groups is 2. The van der Waals surface area contributed by atoms with Crippen molar-refractivity contribution in [2.75, 3.05) is 17.3 Å². The van der Waals surface area contributed by atoms with E-state index >= 15 is 0 Å². The highest BCUT2D eigenvalue weighted by molar-refractivity contribution is 8.01. The lowest BCUT2D eigenvalue weighted by Crippen LogP contribution is -2.22.